The van der Waals surface area contributed by atoms with Crippen molar-refractivity contribution in [3.8, 4) is 5.75 Å². The van der Waals surface area contributed by atoms with Gasteiger partial charge >= 0.3 is 5.97 Å². The molecule has 0 aromatic heterocycles. The number of likely N-dealkylation sites (tertiary alicyclic amines) is 1. The van der Waals surface area contributed by atoms with Crippen molar-refractivity contribution in [2.75, 3.05) is 26.2 Å². The molecule has 1 saturated heterocycles. The summed E-state index contributed by atoms with van der Waals surface area (Å²) in [5, 5.41) is 10.2. The van der Waals surface area contributed by atoms with E-state index in [2.05, 4.69) is 4.90 Å². The Kier molecular flexibility index (Phi) is 5.48. The molecule has 1 fully saturated rings. The molecule has 4 nitrogen and oxygen atoms in total. The zero-order valence-corrected chi connectivity index (χ0v) is 13.1. The molecule has 21 heavy (non-hydrogen) atoms. The first-order valence-corrected chi connectivity index (χ1v) is 7.78. The summed E-state index contributed by atoms with van der Waals surface area (Å²) in [6.07, 6.45) is 2.38. The second-order valence-electron chi connectivity index (χ2n) is 5.62. The molecule has 1 heterocycles. The van der Waals surface area contributed by atoms with Crippen molar-refractivity contribution in [1.29, 1.82) is 0 Å². The van der Waals surface area contributed by atoms with Gasteiger partial charge < -0.3 is 9.84 Å². The smallest absolute Gasteiger partial charge is 0.310 e. The monoisotopic (exact) mass is 311 g/mol. The van der Waals surface area contributed by atoms with Crippen LogP contribution >= 0.6 is 11.6 Å². The van der Waals surface area contributed by atoms with E-state index in [1.165, 1.54) is 0 Å². The lowest BCUT2D eigenvalue weighted by molar-refractivity contribution is -0.153. The van der Waals surface area contributed by atoms with E-state index in [0.29, 0.717) is 24.6 Å². The van der Waals surface area contributed by atoms with E-state index in [1.54, 1.807) is 12.1 Å². The topological polar surface area (TPSA) is 49.8 Å². The van der Waals surface area contributed by atoms with Gasteiger partial charge in [0.25, 0.3) is 0 Å². The number of hydrogen-bond acceptors (Lipinski definition) is 3. The molecule has 0 bridgehead atoms. The van der Waals surface area contributed by atoms with Crippen LogP contribution in [0.25, 0.3) is 0 Å². The van der Waals surface area contributed by atoms with Gasteiger partial charge in [0.1, 0.15) is 12.4 Å². The number of carboxylic acids is 1. The number of benzene rings is 1. The summed E-state index contributed by atoms with van der Waals surface area (Å²) in [7, 11) is 0. The molecule has 2 rings (SSSR count). The minimum atomic E-state index is -0.673. The van der Waals surface area contributed by atoms with Crippen molar-refractivity contribution in [1.82, 2.24) is 4.90 Å². The lowest BCUT2D eigenvalue weighted by atomic mass is 9.78. The van der Waals surface area contributed by atoms with Gasteiger partial charge in [-0.3, -0.25) is 9.69 Å². The predicted molar refractivity (Wildman–Crippen MR) is 83.0 cm³/mol. The summed E-state index contributed by atoms with van der Waals surface area (Å²) in [4.78, 5) is 13.7. The molecule has 1 aromatic carbocycles. The first kappa shape index (κ1) is 16.1. The van der Waals surface area contributed by atoms with Gasteiger partial charge in [-0.15, -0.1) is 0 Å². The maximum Gasteiger partial charge on any atom is 0.310 e. The van der Waals surface area contributed by atoms with E-state index in [0.717, 1.165) is 31.7 Å². The van der Waals surface area contributed by atoms with E-state index >= 15 is 0 Å². The van der Waals surface area contributed by atoms with Crippen LogP contribution in [0.2, 0.25) is 5.02 Å². The van der Waals surface area contributed by atoms with Gasteiger partial charge in [-0.25, -0.2) is 0 Å². The molecule has 0 radical (unpaired) electrons. The van der Waals surface area contributed by atoms with Crippen LogP contribution in [-0.4, -0.2) is 42.2 Å². The van der Waals surface area contributed by atoms with Gasteiger partial charge in [0.15, 0.2) is 0 Å². The molecule has 0 saturated carbocycles. The molecule has 1 unspecified atom stereocenters. The van der Waals surface area contributed by atoms with Crippen LogP contribution in [0.15, 0.2) is 24.3 Å². The Balaban J connectivity index is 1.83. The van der Waals surface area contributed by atoms with Crippen molar-refractivity contribution < 1.29 is 14.6 Å². The standard InChI is InChI=1S/C16H22ClNO3/c1-2-16(15(19)20)8-3-9-18(12-16)10-11-21-14-6-4-13(17)5-7-14/h4-7H,2-3,8-12H2,1H3,(H,19,20). The molecule has 1 aliphatic rings. The Labute approximate surface area is 130 Å². The summed E-state index contributed by atoms with van der Waals surface area (Å²) in [6.45, 7) is 4.82. The Morgan fingerprint density at radius 3 is 2.76 bits per heavy atom. The highest BCUT2D eigenvalue weighted by atomic mass is 35.5. The normalized spacial score (nSPS) is 23.0. The molecule has 0 aliphatic carbocycles. The highest BCUT2D eigenvalue weighted by Gasteiger charge is 2.40. The van der Waals surface area contributed by atoms with Crippen LogP contribution in [0, 0.1) is 5.41 Å². The number of halogens is 1. The van der Waals surface area contributed by atoms with E-state index in [9.17, 15) is 9.90 Å². The maximum atomic E-state index is 11.5. The third-order valence-electron chi connectivity index (χ3n) is 4.28. The van der Waals surface area contributed by atoms with Crippen LogP contribution in [0.3, 0.4) is 0 Å². The van der Waals surface area contributed by atoms with Gasteiger partial charge in [0.05, 0.1) is 5.41 Å². The van der Waals surface area contributed by atoms with E-state index in [1.807, 2.05) is 19.1 Å². The third kappa shape index (κ3) is 4.11. The molecule has 1 atom stereocenters. The first-order chi connectivity index (χ1) is 10.1. The largest absolute Gasteiger partial charge is 0.492 e. The van der Waals surface area contributed by atoms with E-state index < -0.39 is 11.4 Å². The van der Waals surface area contributed by atoms with Crippen molar-refractivity contribution in [2.45, 2.75) is 26.2 Å². The SMILES string of the molecule is CCC1(C(=O)O)CCCN(CCOc2ccc(Cl)cc2)C1. The van der Waals surface area contributed by atoms with E-state index in [-0.39, 0.29) is 0 Å². The number of carbonyl (C=O) groups is 1. The Hall–Kier alpha value is -1.26. The van der Waals surface area contributed by atoms with Crippen LogP contribution in [-0.2, 0) is 4.79 Å². The van der Waals surface area contributed by atoms with Crippen LogP contribution < -0.4 is 4.74 Å². The highest BCUT2D eigenvalue weighted by Crippen LogP contribution is 2.33. The van der Waals surface area contributed by atoms with Crippen molar-refractivity contribution in [3.63, 3.8) is 0 Å². The number of piperidine rings is 1. The number of rotatable bonds is 6. The van der Waals surface area contributed by atoms with Crippen LogP contribution in [0.1, 0.15) is 26.2 Å². The van der Waals surface area contributed by atoms with Crippen molar-refractivity contribution >= 4 is 17.6 Å². The zero-order valence-electron chi connectivity index (χ0n) is 12.3. The molecule has 1 N–H and O–H groups in total. The fourth-order valence-electron chi connectivity index (χ4n) is 2.86. The van der Waals surface area contributed by atoms with Gasteiger partial charge in [-0.2, -0.15) is 0 Å². The second kappa shape index (κ2) is 7.14. The minimum absolute atomic E-state index is 0.557. The Bertz CT molecular complexity index is 477. The second-order valence-corrected chi connectivity index (χ2v) is 6.06. The molecule has 116 valence electrons. The summed E-state index contributed by atoms with van der Waals surface area (Å²) >= 11 is 5.83. The Morgan fingerprint density at radius 2 is 2.14 bits per heavy atom. The molecule has 0 amide bonds. The molecular weight excluding hydrogens is 290 g/mol. The summed E-state index contributed by atoms with van der Waals surface area (Å²) in [5.41, 5.74) is -0.585. The number of ether oxygens (including phenoxy) is 1. The Morgan fingerprint density at radius 1 is 1.43 bits per heavy atom. The number of carboxylic acid groups (broad SMARTS) is 1. The van der Waals surface area contributed by atoms with Gasteiger partial charge in [-0.1, -0.05) is 18.5 Å². The van der Waals surface area contributed by atoms with Gasteiger partial charge in [0, 0.05) is 18.1 Å². The number of aliphatic carboxylic acids is 1. The lowest BCUT2D eigenvalue weighted by Crippen LogP contribution is -2.48. The fraction of sp³-hybridized carbons (Fsp3) is 0.562. The molecule has 0 spiro atoms. The maximum absolute atomic E-state index is 11.5. The first-order valence-electron chi connectivity index (χ1n) is 7.40. The van der Waals surface area contributed by atoms with Crippen LogP contribution in [0.4, 0.5) is 0 Å². The van der Waals surface area contributed by atoms with Gasteiger partial charge in [-0.05, 0) is 50.1 Å². The average Bonchev–Trinajstić information content (AvgIpc) is 2.49. The summed E-state index contributed by atoms with van der Waals surface area (Å²) in [6, 6.07) is 7.27. The number of nitrogens with zero attached hydrogens (tertiary/aromatic N) is 1. The predicted octanol–water partition coefficient (Wildman–Crippen LogP) is 3.30. The lowest BCUT2D eigenvalue weighted by Gasteiger charge is -2.39. The highest BCUT2D eigenvalue weighted by molar-refractivity contribution is 6.30. The van der Waals surface area contributed by atoms with Crippen molar-refractivity contribution in [3.05, 3.63) is 29.3 Å². The fourth-order valence-corrected chi connectivity index (χ4v) is 2.98. The van der Waals surface area contributed by atoms with Crippen molar-refractivity contribution in [2.24, 2.45) is 5.41 Å². The molecule has 1 aliphatic heterocycles. The molecule has 1 aromatic rings. The summed E-state index contributed by atoms with van der Waals surface area (Å²) < 4.78 is 5.68. The van der Waals surface area contributed by atoms with Crippen LogP contribution in [0.5, 0.6) is 5.75 Å². The zero-order chi connectivity index (χ0) is 15.3. The third-order valence-corrected chi connectivity index (χ3v) is 4.53. The van der Waals surface area contributed by atoms with E-state index in [4.69, 9.17) is 16.3 Å². The van der Waals surface area contributed by atoms with Gasteiger partial charge in [0.2, 0.25) is 0 Å². The number of hydrogen-bond donors (Lipinski definition) is 1. The summed E-state index contributed by atoms with van der Waals surface area (Å²) in [5.74, 6) is 0.115. The quantitative estimate of drug-likeness (QED) is 0.876. The molecule has 5 heteroatoms. The molecular formula is C16H22ClNO3. The minimum Gasteiger partial charge on any atom is -0.492 e. The average molecular weight is 312 g/mol.